The molecule has 2 aromatic heterocycles. The van der Waals surface area contributed by atoms with E-state index in [-0.39, 0.29) is 17.9 Å². The molecule has 0 aliphatic carbocycles. The quantitative estimate of drug-likeness (QED) is 0.416. The van der Waals surface area contributed by atoms with Crippen LogP contribution in [0.3, 0.4) is 0 Å². The van der Waals surface area contributed by atoms with Crippen LogP contribution in [0, 0.1) is 20.8 Å². The van der Waals surface area contributed by atoms with E-state index in [1.54, 1.807) is 6.92 Å². The molecule has 0 spiro atoms. The average molecular weight is 431 g/mol. The van der Waals surface area contributed by atoms with Crippen molar-refractivity contribution in [1.29, 1.82) is 0 Å². The molecule has 8 nitrogen and oxygen atoms in total. The second-order valence-electron chi connectivity index (χ2n) is 7.94. The van der Waals surface area contributed by atoms with Crippen LogP contribution in [0.4, 0.5) is 11.6 Å². The normalized spacial score (nSPS) is 11.0. The van der Waals surface area contributed by atoms with Crippen LogP contribution in [0.1, 0.15) is 34.4 Å². The number of aromatic amines is 1. The minimum Gasteiger partial charge on any atom is -0.351 e. The van der Waals surface area contributed by atoms with Gasteiger partial charge >= 0.3 is 0 Å². The van der Waals surface area contributed by atoms with Crippen LogP contribution in [0.25, 0.3) is 5.78 Å². The van der Waals surface area contributed by atoms with Gasteiger partial charge in [0.05, 0.1) is 5.69 Å². The van der Waals surface area contributed by atoms with Crippen molar-refractivity contribution in [2.24, 2.45) is 0 Å². The summed E-state index contributed by atoms with van der Waals surface area (Å²) in [6.07, 6.45) is 0.480. The second-order valence-corrected chi connectivity index (χ2v) is 7.94. The molecule has 0 saturated heterocycles. The van der Waals surface area contributed by atoms with E-state index in [1.165, 1.54) is 10.1 Å². The van der Waals surface area contributed by atoms with E-state index in [1.807, 2.05) is 62.4 Å². The van der Waals surface area contributed by atoms with Gasteiger partial charge in [0.25, 0.3) is 11.3 Å². The van der Waals surface area contributed by atoms with Crippen molar-refractivity contribution in [3.63, 3.8) is 0 Å². The van der Waals surface area contributed by atoms with Crippen LogP contribution in [0.15, 0.2) is 53.3 Å². The lowest BCUT2D eigenvalue weighted by Gasteiger charge is -2.07. The molecule has 1 amide bonds. The van der Waals surface area contributed by atoms with Gasteiger partial charge in [0.15, 0.2) is 0 Å². The largest absolute Gasteiger partial charge is 0.351 e. The predicted molar refractivity (Wildman–Crippen MR) is 125 cm³/mol. The Morgan fingerprint density at radius 1 is 0.969 bits per heavy atom. The summed E-state index contributed by atoms with van der Waals surface area (Å²) in [5, 5.41) is 9.01. The standard InChI is InChI=1S/C24H26N6O2/c1-15-4-8-18(9-5-15)14-25-23-28-24-26-17(3)20(22(32)30(24)29-23)12-13-21(31)27-19-10-6-16(2)7-11-19/h4-11H,12-14H2,1-3H3,(H,27,31)(H2,25,26,28,29). The smallest absolute Gasteiger partial charge is 0.277 e. The summed E-state index contributed by atoms with van der Waals surface area (Å²) in [7, 11) is 0. The van der Waals surface area contributed by atoms with E-state index in [0.29, 0.717) is 35.9 Å². The molecule has 2 heterocycles. The van der Waals surface area contributed by atoms with Crippen molar-refractivity contribution in [2.75, 3.05) is 10.6 Å². The van der Waals surface area contributed by atoms with Gasteiger partial charge in [0.1, 0.15) is 0 Å². The molecule has 0 radical (unpaired) electrons. The fourth-order valence-corrected chi connectivity index (χ4v) is 3.41. The van der Waals surface area contributed by atoms with Crippen LogP contribution in [-0.4, -0.2) is 25.5 Å². The Morgan fingerprint density at radius 3 is 2.31 bits per heavy atom. The highest BCUT2D eigenvalue weighted by Gasteiger charge is 2.15. The fourth-order valence-electron chi connectivity index (χ4n) is 3.41. The molecule has 4 rings (SSSR count). The summed E-state index contributed by atoms with van der Waals surface area (Å²) in [6, 6.07) is 15.8. The Hall–Kier alpha value is -3.94. The number of aryl methyl sites for hydroxylation is 3. The molecule has 3 N–H and O–H groups in total. The monoisotopic (exact) mass is 430 g/mol. The van der Waals surface area contributed by atoms with E-state index in [0.717, 1.165) is 16.8 Å². The third-order valence-corrected chi connectivity index (χ3v) is 5.31. The zero-order valence-corrected chi connectivity index (χ0v) is 18.4. The van der Waals surface area contributed by atoms with Crippen LogP contribution in [0.2, 0.25) is 0 Å². The molecular formula is C24H26N6O2. The first kappa shape index (κ1) is 21.3. The molecule has 0 fully saturated rings. The number of H-pyrrole nitrogens is 1. The molecule has 0 aliphatic heterocycles. The van der Waals surface area contributed by atoms with Gasteiger partial charge in [-0.1, -0.05) is 47.5 Å². The number of aromatic nitrogens is 4. The summed E-state index contributed by atoms with van der Waals surface area (Å²) in [6.45, 7) is 6.37. The van der Waals surface area contributed by atoms with Gasteiger partial charge in [-0.25, -0.2) is 4.98 Å². The van der Waals surface area contributed by atoms with E-state index < -0.39 is 0 Å². The number of carbonyl (C=O) groups excluding carboxylic acids is 1. The summed E-state index contributed by atoms with van der Waals surface area (Å²) in [5.41, 5.74) is 4.99. The van der Waals surface area contributed by atoms with Crippen molar-refractivity contribution in [2.45, 2.75) is 40.2 Å². The number of fused-ring (bicyclic) bond motifs is 1. The maximum absolute atomic E-state index is 13.0. The highest BCUT2D eigenvalue weighted by Crippen LogP contribution is 2.12. The third-order valence-electron chi connectivity index (χ3n) is 5.31. The average Bonchev–Trinajstić information content (AvgIpc) is 3.18. The van der Waals surface area contributed by atoms with Gasteiger partial charge in [-0.05, 0) is 44.9 Å². The zero-order chi connectivity index (χ0) is 22.7. The molecule has 0 bridgehead atoms. The Balaban J connectivity index is 1.45. The number of amides is 1. The van der Waals surface area contributed by atoms with Crippen LogP contribution in [-0.2, 0) is 17.8 Å². The summed E-state index contributed by atoms with van der Waals surface area (Å²) in [5.74, 6) is 0.610. The van der Waals surface area contributed by atoms with Gasteiger partial charge < -0.3 is 10.6 Å². The predicted octanol–water partition coefficient (Wildman–Crippen LogP) is 3.53. The molecule has 0 unspecified atom stereocenters. The number of nitrogens with zero attached hydrogens (tertiary/aromatic N) is 3. The Morgan fingerprint density at radius 2 is 1.62 bits per heavy atom. The number of hydrogen-bond donors (Lipinski definition) is 3. The van der Waals surface area contributed by atoms with Crippen LogP contribution in [0.5, 0.6) is 0 Å². The fraction of sp³-hybridized carbons (Fsp3) is 0.250. The Bertz CT molecular complexity index is 1300. The molecule has 2 aromatic carbocycles. The number of anilines is 2. The van der Waals surface area contributed by atoms with Crippen molar-refractivity contribution >= 4 is 23.3 Å². The lowest BCUT2D eigenvalue weighted by Crippen LogP contribution is -2.23. The first-order valence-electron chi connectivity index (χ1n) is 10.5. The third kappa shape index (κ3) is 4.85. The second kappa shape index (κ2) is 9.05. The van der Waals surface area contributed by atoms with Gasteiger partial charge in [-0.2, -0.15) is 9.50 Å². The summed E-state index contributed by atoms with van der Waals surface area (Å²) >= 11 is 0. The van der Waals surface area contributed by atoms with E-state index in [9.17, 15) is 9.59 Å². The maximum atomic E-state index is 13.0. The lowest BCUT2D eigenvalue weighted by atomic mass is 10.1. The first-order valence-corrected chi connectivity index (χ1v) is 10.5. The molecule has 0 atom stereocenters. The molecule has 0 aliphatic rings. The van der Waals surface area contributed by atoms with E-state index >= 15 is 0 Å². The number of nitrogens with one attached hydrogen (secondary N) is 3. The number of rotatable bonds is 7. The Kier molecular flexibility index (Phi) is 6.02. The molecule has 32 heavy (non-hydrogen) atoms. The minimum atomic E-state index is -0.244. The van der Waals surface area contributed by atoms with Gasteiger partial charge in [0.2, 0.25) is 11.9 Å². The highest BCUT2D eigenvalue weighted by molar-refractivity contribution is 5.90. The van der Waals surface area contributed by atoms with Gasteiger partial charge in [-0.3, -0.25) is 14.7 Å². The molecule has 164 valence electrons. The van der Waals surface area contributed by atoms with Gasteiger partial charge in [-0.15, -0.1) is 0 Å². The van der Waals surface area contributed by atoms with Crippen molar-refractivity contribution in [1.82, 2.24) is 19.6 Å². The molecule has 0 saturated carbocycles. The Labute approximate surface area is 185 Å². The SMILES string of the molecule is Cc1ccc(CNc2nc3nc(C)c(CCC(=O)Nc4ccc(C)cc4)c(=O)n3[nH]2)cc1. The molecule has 4 aromatic rings. The van der Waals surface area contributed by atoms with Gasteiger partial charge in [0, 0.05) is 24.2 Å². The van der Waals surface area contributed by atoms with Crippen molar-refractivity contribution in [3.8, 4) is 0 Å². The van der Waals surface area contributed by atoms with E-state index in [4.69, 9.17) is 0 Å². The number of carbonyl (C=O) groups is 1. The van der Waals surface area contributed by atoms with Crippen molar-refractivity contribution in [3.05, 3.63) is 86.8 Å². The molecule has 8 heteroatoms. The number of benzene rings is 2. The van der Waals surface area contributed by atoms with Crippen LogP contribution < -0.4 is 16.2 Å². The van der Waals surface area contributed by atoms with E-state index in [2.05, 4.69) is 25.7 Å². The molecular weight excluding hydrogens is 404 g/mol. The van der Waals surface area contributed by atoms with Crippen LogP contribution >= 0.6 is 0 Å². The topological polar surface area (TPSA) is 104 Å². The summed E-state index contributed by atoms with van der Waals surface area (Å²) in [4.78, 5) is 34.1. The minimum absolute atomic E-state index is 0.150. The number of hydrogen-bond acceptors (Lipinski definition) is 5. The first-order chi connectivity index (χ1) is 15.4. The maximum Gasteiger partial charge on any atom is 0.277 e. The van der Waals surface area contributed by atoms with Crippen molar-refractivity contribution < 1.29 is 4.79 Å². The summed E-state index contributed by atoms with van der Waals surface area (Å²) < 4.78 is 1.32. The highest BCUT2D eigenvalue weighted by atomic mass is 16.1. The lowest BCUT2D eigenvalue weighted by molar-refractivity contribution is -0.116. The zero-order valence-electron chi connectivity index (χ0n) is 18.4.